The van der Waals surface area contributed by atoms with E-state index < -0.39 is 23.2 Å². The van der Waals surface area contributed by atoms with E-state index in [9.17, 15) is 13.2 Å². The monoisotopic (exact) mass is 187 g/mol. The summed E-state index contributed by atoms with van der Waals surface area (Å²) < 4.78 is 42.3. The van der Waals surface area contributed by atoms with Crippen LogP contribution in [0.15, 0.2) is 18.7 Å². The van der Waals surface area contributed by atoms with Crippen LogP contribution in [0.25, 0.3) is 0 Å². The lowest BCUT2D eigenvalue weighted by Crippen LogP contribution is -1.98. The van der Waals surface area contributed by atoms with Crippen molar-refractivity contribution in [1.29, 1.82) is 0 Å². The Kier molecular flexibility index (Phi) is 2.95. The summed E-state index contributed by atoms with van der Waals surface area (Å²) in [6.45, 7) is 3.33. The van der Waals surface area contributed by atoms with Crippen molar-refractivity contribution < 1.29 is 17.9 Å². The first kappa shape index (κ1) is 9.64. The Bertz CT molecular complexity index is 323. The van der Waals surface area contributed by atoms with Crippen LogP contribution in [0.5, 0.6) is 5.75 Å². The number of rotatable bonds is 3. The van der Waals surface area contributed by atoms with Gasteiger partial charge in [0.2, 0.25) is 0 Å². The minimum atomic E-state index is -1.29. The van der Waals surface area contributed by atoms with Crippen molar-refractivity contribution in [3.8, 4) is 5.75 Å². The number of halogens is 3. The Hall–Kier alpha value is -1.45. The van der Waals surface area contributed by atoms with Crippen LogP contribution in [-0.4, -0.2) is 6.61 Å². The summed E-state index contributed by atoms with van der Waals surface area (Å²) in [4.78, 5) is 0. The van der Waals surface area contributed by atoms with Gasteiger partial charge in [0.15, 0.2) is 23.2 Å². The minimum absolute atomic E-state index is 0.0124. The molecule has 0 fully saturated rings. The van der Waals surface area contributed by atoms with Crippen LogP contribution < -0.4 is 4.74 Å². The highest BCUT2D eigenvalue weighted by Crippen LogP contribution is 2.19. The van der Waals surface area contributed by atoms with Gasteiger partial charge in [-0.15, -0.1) is 0 Å². The highest BCUT2D eigenvalue weighted by molar-refractivity contribution is 5.24. The van der Waals surface area contributed by atoms with E-state index in [4.69, 9.17) is 0 Å². The zero-order chi connectivity index (χ0) is 9.84. The molecule has 0 aliphatic heterocycles. The summed E-state index contributed by atoms with van der Waals surface area (Å²) in [5.74, 6) is -3.98. The van der Waals surface area contributed by atoms with Gasteiger partial charge < -0.3 is 4.74 Å². The molecule has 1 radical (unpaired) electrons. The smallest absolute Gasteiger partial charge is 0.170 e. The zero-order valence-corrected chi connectivity index (χ0v) is 6.61. The molecule has 0 amide bonds. The highest BCUT2D eigenvalue weighted by Gasteiger charge is 2.10. The molecule has 0 bridgehead atoms. The Morgan fingerprint density at radius 3 is 2.69 bits per heavy atom. The third-order valence-electron chi connectivity index (χ3n) is 1.25. The molecule has 1 rings (SSSR count). The van der Waals surface area contributed by atoms with Crippen molar-refractivity contribution in [3.05, 3.63) is 42.2 Å². The molecule has 0 N–H and O–H groups in total. The van der Waals surface area contributed by atoms with E-state index in [1.54, 1.807) is 6.07 Å². The fourth-order valence-electron chi connectivity index (χ4n) is 0.707. The average molecular weight is 187 g/mol. The summed E-state index contributed by atoms with van der Waals surface area (Å²) in [7, 11) is 0. The molecule has 0 atom stereocenters. The number of benzene rings is 1. The van der Waals surface area contributed by atoms with E-state index in [0.29, 0.717) is 6.07 Å². The molecule has 1 nitrogen and oxygen atoms in total. The molecule has 4 heteroatoms. The Labute approximate surface area is 73.4 Å². The van der Waals surface area contributed by atoms with Gasteiger partial charge in [-0.2, -0.15) is 0 Å². The van der Waals surface area contributed by atoms with Gasteiger partial charge in [0, 0.05) is 6.07 Å². The fraction of sp³-hybridized carbons (Fsp3) is 0.111. The van der Waals surface area contributed by atoms with Crippen LogP contribution in [0.4, 0.5) is 13.2 Å². The molecule has 0 aliphatic carbocycles. The van der Waals surface area contributed by atoms with Gasteiger partial charge in [-0.3, -0.25) is 0 Å². The lowest BCUT2D eigenvalue weighted by atomic mass is 10.3. The van der Waals surface area contributed by atoms with Crippen LogP contribution in [-0.2, 0) is 0 Å². The second-order valence-corrected chi connectivity index (χ2v) is 2.21. The average Bonchev–Trinajstić information content (AvgIpc) is 2.09. The first-order valence-electron chi connectivity index (χ1n) is 3.45. The van der Waals surface area contributed by atoms with Crippen molar-refractivity contribution in [2.24, 2.45) is 0 Å². The minimum Gasteiger partial charge on any atom is -0.486 e. The van der Waals surface area contributed by atoms with Gasteiger partial charge >= 0.3 is 0 Å². The molecule has 1 aromatic carbocycles. The van der Waals surface area contributed by atoms with Crippen molar-refractivity contribution in [2.75, 3.05) is 6.61 Å². The van der Waals surface area contributed by atoms with Crippen LogP contribution in [0.3, 0.4) is 0 Å². The van der Waals surface area contributed by atoms with Crippen LogP contribution in [0.2, 0.25) is 0 Å². The fourth-order valence-corrected chi connectivity index (χ4v) is 0.707. The SMILES string of the molecule is C=CCOc1[c]c(F)c(F)cc1F. The van der Waals surface area contributed by atoms with E-state index in [-0.39, 0.29) is 6.61 Å². The van der Waals surface area contributed by atoms with E-state index >= 15 is 0 Å². The van der Waals surface area contributed by atoms with Crippen LogP contribution >= 0.6 is 0 Å². The number of hydrogen-bond acceptors (Lipinski definition) is 1. The largest absolute Gasteiger partial charge is 0.486 e. The Morgan fingerprint density at radius 2 is 2.08 bits per heavy atom. The Balaban J connectivity index is 2.94. The lowest BCUT2D eigenvalue weighted by Gasteiger charge is -2.03. The van der Waals surface area contributed by atoms with Gasteiger partial charge in [0.1, 0.15) is 6.61 Å². The summed E-state index contributed by atoms with van der Waals surface area (Å²) in [6, 6.07) is 2.20. The summed E-state index contributed by atoms with van der Waals surface area (Å²) >= 11 is 0. The van der Waals surface area contributed by atoms with Gasteiger partial charge in [-0.25, -0.2) is 13.2 Å². The van der Waals surface area contributed by atoms with Crippen LogP contribution in [0.1, 0.15) is 0 Å². The lowest BCUT2D eigenvalue weighted by molar-refractivity contribution is 0.334. The molecule has 0 saturated carbocycles. The van der Waals surface area contributed by atoms with E-state index in [0.717, 1.165) is 0 Å². The predicted octanol–water partition coefficient (Wildman–Crippen LogP) is 2.47. The van der Waals surface area contributed by atoms with E-state index in [1.807, 2.05) is 0 Å². The second-order valence-electron chi connectivity index (χ2n) is 2.21. The molecule has 69 valence electrons. The maximum atomic E-state index is 12.8. The van der Waals surface area contributed by atoms with Gasteiger partial charge in [-0.1, -0.05) is 12.7 Å². The van der Waals surface area contributed by atoms with Crippen molar-refractivity contribution in [1.82, 2.24) is 0 Å². The van der Waals surface area contributed by atoms with Crippen LogP contribution in [0, 0.1) is 23.5 Å². The standard InChI is InChI=1S/C9H6F3O/c1-2-3-13-9-5-7(11)6(10)4-8(9)12/h2,4H,1,3H2. The zero-order valence-electron chi connectivity index (χ0n) is 6.61. The number of hydrogen-bond donors (Lipinski definition) is 0. The molecule has 13 heavy (non-hydrogen) atoms. The normalized spacial score (nSPS) is 9.77. The second kappa shape index (κ2) is 3.98. The van der Waals surface area contributed by atoms with Gasteiger partial charge in [0.25, 0.3) is 0 Å². The first-order valence-corrected chi connectivity index (χ1v) is 3.45. The summed E-state index contributed by atoms with van der Waals surface area (Å²) in [6.07, 6.45) is 1.36. The predicted molar refractivity (Wildman–Crippen MR) is 40.8 cm³/mol. The molecular weight excluding hydrogens is 181 g/mol. The quantitative estimate of drug-likeness (QED) is 0.521. The van der Waals surface area contributed by atoms with Crippen molar-refractivity contribution in [2.45, 2.75) is 0 Å². The summed E-state index contributed by atoms with van der Waals surface area (Å²) in [5, 5.41) is 0. The highest BCUT2D eigenvalue weighted by atomic mass is 19.2. The maximum absolute atomic E-state index is 12.8. The van der Waals surface area contributed by atoms with E-state index in [1.165, 1.54) is 6.08 Å². The molecular formula is C9H6F3O. The Morgan fingerprint density at radius 1 is 1.38 bits per heavy atom. The van der Waals surface area contributed by atoms with E-state index in [2.05, 4.69) is 11.3 Å². The molecule has 0 heterocycles. The molecule has 0 aliphatic rings. The molecule has 0 saturated heterocycles. The molecule has 0 unspecified atom stereocenters. The first-order chi connectivity index (χ1) is 6.15. The van der Waals surface area contributed by atoms with Crippen molar-refractivity contribution in [3.63, 3.8) is 0 Å². The third kappa shape index (κ3) is 2.24. The topological polar surface area (TPSA) is 9.23 Å². The third-order valence-corrected chi connectivity index (χ3v) is 1.25. The molecule has 1 aromatic rings. The van der Waals surface area contributed by atoms with Gasteiger partial charge in [0.05, 0.1) is 6.07 Å². The van der Waals surface area contributed by atoms with Gasteiger partial charge in [-0.05, 0) is 0 Å². The molecule has 0 spiro atoms. The maximum Gasteiger partial charge on any atom is 0.170 e. The molecule has 0 aromatic heterocycles. The number of ether oxygens (including phenoxy) is 1. The van der Waals surface area contributed by atoms with Crippen molar-refractivity contribution >= 4 is 0 Å². The summed E-state index contributed by atoms with van der Waals surface area (Å²) in [5.41, 5.74) is 0.